The lowest BCUT2D eigenvalue weighted by molar-refractivity contribution is -0.383. The molecule has 0 fully saturated rings. The quantitative estimate of drug-likeness (QED) is 0.693. The van der Waals surface area contributed by atoms with Crippen molar-refractivity contribution < 1.29 is 9.72 Å². The number of pyridine rings is 1. The number of nitrogens with zero attached hydrogens (tertiary/aromatic N) is 2. The van der Waals surface area contributed by atoms with Gasteiger partial charge in [0.2, 0.25) is 0 Å². The monoisotopic (exact) mass is 311 g/mol. The Kier molecular flexibility index (Phi) is 4.16. The summed E-state index contributed by atoms with van der Waals surface area (Å²) in [6, 6.07) is 5.32. The summed E-state index contributed by atoms with van der Waals surface area (Å²) in [7, 11) is 0. The number of benzene rings is 1. The standard InChI is InChI=1S/C12H7Cl2N3O3/c13-7-1-2-11(17(19)20)10(5-7)16-12(18)8-6-15-4-3-9(8)14/h1-6H,(H,16,18). The molecule has 0 aliphatic rings. The zero-order valence-electron chi connectivity index (χ0n) is 9.84. The minimum Gasteiger partial charge on any atom is -0.316 e. The summed E-state index contributed by atoms with van der Waals surface area (Å²) >= 11 is 11.6. The topological polar surface area (TPSA) is 85.1 Å². The molecule has 0 aliphatic heterocycles. The molecule has 102 valence electrons. The van der Waals surface area contributed by atoms with Crippen molar-refractivity contribution in [2.24, 2.45) is 0 Å². The summed E-state index contributed by atoms with van der Waals surface area (Å²) in [6.07, 6.45) is 2.70. The molecule has 1 amide bonds. The van der Waals surface area contributed by atoms with E-state index in [0.717, 1.165) is 0 Å². The molecule has 0 bridgehead atoms. The van der Waals surface area contributed by atoms with Gasteiger partial charge in [-0.3, -0.25) is 19.9 Å². The van der Waals surface area contributed by atoms with E-state index in [0.29, 0.717) is 0 Å². The van der Waals surface area contributed by atoms with Gasteiger partial charge < -0.3 is 5.32 Å². The lowest BCUT2D eigenvalue weighted by Gasteiger charge is -2.07. The molecule has 1 aromatic heterocycles. The van der Waals surface area contributed by atoms with Crippen LogP contribution in [0.15, 0.2) is 36.7 Å². The smallest absolute Gasteiger partial charge is 0.292 e. The van der Waals surface area contributed by atoms with Crippen molar-refractivity contribution in [3.05, 3.63) is 62.4 Å². The number of hydrogen-bond donors (Lipinski definition) is 1. The van der Waals surface area contributed by atoms with E-state index in [2.05, 4.69) is 10.3 Å². The van der Waals surface area contributed by atoms with Crippen LogP contribution in [-0.2, 0) is 0 Å². The maximum Gasteiger partial charge on any atom is 0.292 e. The predicted octanol–water partition coefficient (Wildman–Crippen LogP) is 3.55. The normalized spacial score (nSPS) is 10.1. The zero-order chi connectivity index (χ0) is 14.7. The van der Waals surface area contributed by atoms with Crippen molar-refractivity contribution in [1.82, 2.24) is 4.98 Å². The van der Waals surface area contributed by atoms with Gasteiger partial charge in [0, 0.05) is 23.5 Å². The van der Waals surface area contributed by atoms with E-state index in [1.807, 2.05) is 0 Å². The number of amides is 1. The van der Waals surface area contributed by atoms with Gasteiger partial charge in [-0.25, -0.2) is 0 Å². The molecule has 6 nitrogen and oxygen atoms in total. The third-order valence-electron chi connectivity index (χ3n) is 2.42. The molecule has 1 aromatic carbocycles. The SMILES string of the molecule is O=C(Nc1cc(Cl)ccc1[N+](=O)[O-])c1cnccc1Cl. The van der Waals surface area contributed by atoms with Crippen LogP contribution in [0.4, 0.5) is 11.4 Å². The fourth-order valence-corrected chi connectivity index (χ4v) is 1.86. The molecular weight excluding hydrogens is 305 g/mol. The van der Waals surface area contributed by atoms with Gasteiger partial charge in [0.25, 0.3) is 11.6 Å². The van der Waals surface area contributed by atoms with E-state index in [4.69, 9.17) is 23.2 Å². The van der Waals surface area contributed by atoms with E-state index >= 15 is 0 Å². The first-order valence-electron chi connectivity index (χ1n) is 5.34. The number of halogens is 2. The number of carbonyl (C=O) groups excluding carboxylic acids is 1. The molecule has 0 spiro atoms. The number of nitro benzene ring substituents is 1. The number of aromatic nitrogens is 1. The second kappa shape index (κ2) is 5.85. The van der Waals surface area contributed by atoms with Gasteiger partial charge in [-0.05, 0) is 18.2 Å². The highest BCUT2D eigenvalue weighted by Crippen LogP contribution is 2.28. The maximum absolute atomic E-state index is 12.0. The molecule has 2 aromatic rings. The van der Waals surface area contributed by atoms with Gasteiger partial charge in [-0.1, -0.05) is 23.2 Å². The van der Waals surface area contributed by atoms with Crippen LogP contribution in [-0.4, -0.2) is 15.8 Å². The van der Waals surface area contributed by atoms with Gasteiger partial charge in [-0.2, -0.15) is 0 Å². The second-order valence-corrected chi connectivity index (χ2v) is 4.57. The Hall–Kier alpha value is -2.18. The van der Waals surface area contributed by atoms with E-state index < -0.39 is 10.8 Å². The highest BCUT2D eigenvalue weighted by Gasteiger charge is 2.18. The van der Waals surface area contributed by atoms with Crippen LogP contribution in [0.2, 0.25) is 10.0 Å². The summed E-state index contributed by atoms with van der Waals surface area (Å²) < 4.78 is 0. The maximum atomic E-state index is 12.0. The van der Waals surface area contributed by atoms with Crippen molar-refractivity contribution >= 4 is 40.5 Å². The molecule has 0 aliphatic carbocycles. The van der Waals surface area contributed by atoms with Crippen molar-refractivity contribution in [2.75, 3.05) is 5.32 Å². The zero-order valence-corrected chi connectivity index (χ0v) is 11.4. The van der Waals surface area contributed by atoms with Gasteiger partial charge in [-0.15, -0.1) is 0 Å². The molecule has 1 N–H and O–H groups in total. The van der Waals surface area contributed by atoms with Crippen LogP contribution in [0.5, 0.6) is 0 Å². The van der Waals surface area contributed by atoms with Gasteiger partial charge in [0.05, 0.1) is 15.5 Å². The Morgan fingerprint density at radius 1 is 1.30 bits per heavy atom. The Balaban J connectivity index is 2.35. The third-order valence-corrected chi connectivity index (χ3v) is 2.98. The lowest BCUT2D eigenvalue weighted by Crippen LogP contribution is -2.14. The fourth-order valence-electron chi connectivity index (χ4n) is 1.50. The molecule has 0 atom stereocenters. The molecule has 0 saturated carbocycles. The van der Waals surface area contributed by atoms with E-state index in [1.165, 1.54) is 36.7 Å². The van der Waals surface area contributed by atoms with Crippen LogP contribution in [0.25, 0.3) is 0 Å². The Labute approximate surface area is 123 Å². The first-order valence-corrected chi connectivity index (χ1v) is 6.09. The first kappa shape index (κ1) is 14.2. The molecule has 0 radical (unpaired) electrons. The number of nitro groups is 1. The van der Waals surface area contributed by atoms with E-state index in [-0.39, 0.29) is 27.0 Å². The van der Waals surface area contributed by atoms with Crippen LogP contribution in [0.1, 0.15) is 10.4 Å². The summed E-state index contributed by atoms with van der Waals surface area (Å²) in [5.41, 5.74) is -0.154. The van der Waals surface area contributed by atoms with Crippen molar-refractivity contribution in [1.29, 1.82) is 0 Å². The fraction of sp³-hybridized carbons (Fsp3) is 0. The second-order valence-electron chi connectivity index (χ2n) is 3.73. The Morgan fingerprint density at radius 2 is 2.05 bits per heavy atom. The highest BCUT2D eigenvalue weighted by molar-refractivity contribution is 6.34. The van der Waals surface area contributed by atoms with Crippen molar-refractivity contribution in [3.8, 4) is 0 Å². The average molecular weight is 312 g/mol. The summed E-state index contributed by atoms with van der Waals surface area (Å²) in [4.78, 5) is 26.1. The first-order chi connectivity index (χ1) is 9.49. The van der Waals surface area contributed by atoms with Crippen LogP contribution < -0.4 is 5.32 Å². The van der Waals surface area contributed by atoms with Crippen molar-refractivity contribution in [3.63, 3.8) is 0 Å². The molecule has 1 heterocycles. The number of carbonyl (C=O) groups is 1. The summed E-state index contributed by atoms with van der Waals surface area (Å²) in [5.74, 6) is -0.603. The van der Waals surface area contributed by atoms with Gasteiger partial charge >= 0.3 is 0 Å². The van der Waals surface area contributed by atoms with Crippen LogP contribution in [0.3, 0.4) is 0 Å². The van der Waals surface area contributed by atoms with E-state index in [9.17, 15) is 14.9 Å². The number of anilines is 1. The predicted molar refractivity (Wildman–Crippen MR) is 75.3 cm³/mol. The van der Waals surface area contributed by atoms with Crippen LogP contribution >= 0.6 is 23.2 Å². The molecule has 2 rings (SSSR count). The molecule has 20 heavy (non-hydrogen) atoms. The Morgan fingerprint density at radius 3 is 2.70 bits per heavy atom. The number of hydrogen-bond acceptors (Lipinski definition) is 4. The minimum atomic E-state index is -0.614. The lowest BCUT2D eigenvalue weighted by atomic mass is 10.2. The largest absolute Gasteiger partial charge is 0.316 e. The Bertz CT molecular complexity index is 691. The minimum absolute atomic E-state index is 0.00702. The summed E-state index contributed by atoms with van der Waals surface area (Å²) in [5, 5.41) is 13.8. The van der Waals surface area contributed by atoms with Crippen LogP contribution in [0, 0.1) is 10.1 Å². The summed E-state index contributed by atoms with van der Waals surface area (Å²) in [6.45, 7) is 0. The van der Waals surface area contributed by atoms with E-state index in [1.54, 1.807) is 0 Å². The third kappa shape index (κ3) is 3.04. The number of nitrogens with one attached hydrogen (secondary N) is 1. The molecular formula is C12H7Cl2N3O3. The highest BCUT2D eigenvalue weighted by atomic mass is 35.5. The molecule has 0 unspecified atom stereocenters. The van der Waals surface area contributed by atoms with Crippen molar-refractivity contribution in [2.45, 2.75) is 0 Å². The molecule has 8 heteroatoms. The number of rotatable bonds is 3. The van der Waals surface area contributed by atoms with Gasteiger partial charge in [0.1, 0.15) is 5.69 Å². The molecule has 0 saturated heterocycles. The average Bonchev–Trinajstić information content (AvgIpc) is 2.38. The van der Waals surface area contributed by atoms with Gasteiger partial charge in [0.15, 0.2) is 0 Å².